The van der Waals surface area contributed by atoms with Gasteiger partial charge in [0.1, 0.15) is 5.82 Å². The number of hydrogen-bond donors (Lipinski definition) is 1. The van der Waals surface area contributed by atoms with Gasteiger partial charge in [-0.05, 0) is 36.1 Å². The van der Waals surface area contributed by atoms with E-state index < -0.39 is 5.97 Å². The lowest BCUT2D eigenvalue weighted by Crippen LogP contribution is -2.01. The quantitative estimate of drug-likeness (QED) is 0.795. The Morgan fingerprint density at radius 1 is 1.40 bits per heavy atom. The average Bonchev–Trinajstić information content (AvgIpc) is 3.04. The number of aryl methyl sites for hydroxylation is 1. The predicted octanol–water partition coefficient (Wildman–Crippen LogP) is 3.74. The van der Waals surface area contributed by atoms with Gasteiger partial charge in [0.05, 0.1) is 22.3 Å². The van der Waals surface area contributed by atoms with Gasteiger partial charge in [-0.3, -0.25) is 4.57 Å². The summed E-state index contributed by atoms with van der Waals surface area (Å²) in [7, 11) is 0. The van der Waals surface area contributed by atoms with E-state index in [0.717, 1.165) is 35.4 Å². The number of hydrogen-bond acceptors (Lipinski definition) is 3. The van der Waals surface area contributed by atoms with Gasteiger partial charge in [0.25, 0.3) is 0 Å². The minimum absolute atomic E-state index is 0.289. The monoisotopic (exact) mass is 286 g/mol. The van der Waals surface area contributed by atoms with Crippen LogP contribution in [0.15, 0.2) is 35.0 Å². The highest BCUT2D eigenvalue weighted by molar-refractivity contribution is 7.08. The second-order valence-corrected chi connectivity index (χ2v) is 5.38. The second kappa shape index (κ2) is 5.09. The fourth-order valence-corrected chi connectivity index (χ4v) is 2.94. The van der Waals surface area contributed by atoms with Gasteiger partial charge in [0.2, 0.25) is 0 Å². The van der Waals surface area contributed by atoms with Gasteiger partial charge in [-0.2, -0.15) is 11.3 Å². The summed E-state index contributed by atoms with van der Waals surface area (Å²) in [5, 5.41) is 13.2. The summed E-state index contributed by atoms with van der Waals surface area (Å²) in [5.74, 6) is 0.0606. The molecule has 2 heterocycles. The molecule has 3 rings (SSSR count). The fourth-order valence-electron chi connectivity index (χ4n) is 2.32. The van der Waals surface area contributed by atoms with Crippen LogP contribution in [0.25, 0.3) is 16.7 Å². The molecule has 3 aromatic rings. The molecule has 0 fully saturated rings. The van der Waals surface area contributed by atoms with Crippen LogP contribution >= 0.6 is 11.3 Å². The summed E-state index contributed by atoms with van der Waals surface area (Å²) in [6.45, 7) is 2.11. The Hall–Kier alpha value is -2.14. The molecule has 0 atom stereocenters. The molecule has 0 unspecified atom stereocenters. The van der Waals surface area contributed by atoms with Crippen LogP contribution in [0.5, 0.6) is 0 Å². The molecule has 0 bridgehead atoms. The Balaban J connectivity index is 2.28. The molecule has 0 aliphatic heterocycles. The van der Waals surface area contributed by atoms with Gasteiger partial charge < -0.3 is 5.11 Å². The first-order chi connectivity index (χ1) is 9.70. The normalized spacial score (nSPS) is 11.1. The van der Waals surface area contributed by atoms with Gasteiger partial charge in [-0.1, -0.05) is 6.92 Å². The maximum atomic E-state index is 11.1. The molecule has 0 spiro atoms. The van der Waals surface area contributed by atoms with Gasteiger partial charge in [0.15, 0.2) is 0 Å². The van der Waals surface area contributed by atoms with Crippen molar-refractivity contribution in [3.05, 3.63) is 46.4 Å². The van der Waals surface area contributed by atoms with Crippen LogP contribution in [-0.2, 0) is 6.42 Å². The Morgan fingerprint density at radius 3 is 2.90 bits per heavy atom. The lowest BCUT2D eigenvalue weighted by molar-refractivity contribution is 0.0697. The summed E-state index contributed by atoms with van der Waals surface area (Å²) < 4.78 is 2.06. The number of benzene rings is 1. The zero-order valence-electron chi connectivity index (χ0n) is 11.0. The van der Waals surface area contributed by atoms with Crippen LogP contribution in [0.3, 0.4) is 0 Å². The first-order valence-electron chi connectivity index (χ1n) is 6.48. The molecule has 20 heavy (non-hydrogen) atoms. The third kappa shape index (κ3) is 2.10. The molecule has 4 nitrogen and oxygen atoms in total. The van der Waals surface area contributed by atoms with E-state index in [0.29, 0.717) is 0 Å². The Bertz CT molecular complexity index is 760. The standard InChI is InChI=1S/C15H14N2O2S/c1-2-3-14-16-12-5-4-10(15(18)19)8-13(12)17(14)11-6-7-20-9-11/h4-9H,2-3H2,1H3,(H,18,19). The van der Waals surface area contributed by atoms with E-state index in [4.69, 9.17) is 5.11 Å². The summed E-state index contributed by atoms with van der Waals surface area (Å²) in [6, 6.07) is 7.10. The number of aromatic nitrogens is 2. The lowest BCUT2D eigenvalue weighted by Gasteiger charge is -2.06. The number of thiophene rings is 1. The number of imidazole rings is 1. The largest absolute Gasteiger partial charge is 0.478 e. The Labute approximate surface area is 120 Å². The maximum Gasteiger partial charge on any atom is 0.335 e. The topological polar surface area (TPSA) is 55.1 Å². The van der Waals surface area contributed by atoms with Gasteiger partial charge in [0, 0.05) is 11.8 Å². The zero-order valence-corrected chi connectivity index (χ0v) is 11.9. The number of carbonyl (C=O) groups is 1. The van der Waals surface area contributed by atoms with Crippen LogP contribution in [-0.4, -0.2) is 20.6 Å². The molecule has 0 amide bonds. The highest BCUT2D eigenvalue weighted by atomic mass is 32.1. The summed E-state index contributed by atoms with van der Waals surface area (Å²) in [4.78, 5) is 15.8. The van der Waals surface area contributed by atoms with Crippen LogP contribution in [0.4, 0.5) is 0 Å². The number of nitrogens with zero attached hydrogens (tertiary/aromatic N) is 2. The van der Waals surface area contributed by atoms with Crippen LogP contribution < -0.4 is 0 Å². The Morgan fingerprint density at radius 2 is 2.25 bits per heavy atom. The summed E-state index contributed by atoms with van der Waals surface area (Å²) >= 11 is 1.62. The molecule has 0 saturated heterocycles. The second-order valence-electron chi connectivity index (χ2n) is 4.60. The fraction of sp³-hybridized carbons (Fsp3) is 0.200. The molecule has 0 aliphatic carbocycles. The van der Waals surface area contributed by atoms with Crippen LogP contribution in [0.2, 0.25) is 0 Å². The number of rotatable bonds is 4. The molecule has 0 saturated carbocycles. The van der Waals surface area contributed by atoms with Crippen molar-refractivity contribution in [2.75, 3.05) is 0 Å². The molecule has 5 heteroatoms. The highest BCUT2D eigenvalue weighted by Gasteiger charge is 2.14. The molecule has 1 N–H and O–H groups in total. The van der Waals surface area contributed by atoms with E-state index in [2.05, 4.69) is 16.5 Å². The van der Waals surface area contributed by atoms with Crippen molar-refractivity contribution in [3.8, 4) is 5.69 Å². The van der Waals surface area contributed by atoms with Crippen LogP contribution in [0, 0.1) is 0 Å². The number of fused-ring (bicyclic) bond motifs is 1. The summed E-state index contributed by atoms with van der Waals surface area (Å²) in [6.07, 6.45) is 1.87. The lowest BCUT2D eigenvalue weighted by atomic mass is 10.2. The van der Waals surface area contributed by atoms with E-state index in [1.807, 2.05) is 16.8 Å². The SMILES string of the molecule is CCCc1nc2ccc(C(=O)O)cc2n1-c1ccsc1. The minimum Gasteiger partial charge on any atom is -0.478 e. The van der Waals surface area contributed by atoms with E-state index in [-0.39, 0.29) is 5.56 Å². The van der Waals surface area contributed by atoms with Crippen molar-refractivity contribution in [2.45, 2.75) is 19.8 Å². The smallest absolute Gasteiger partial charge is 0.335 e. The van der Waals surface area contributed by atoms with Gasteiger partial charge in [-0.15, -0.1) is 0 Å². The van der Waals surface area contributed by atoms with Gasteiger partial charge >= 0.3 is 5.97 Å². The predicted molar refractivity (Wildman–Crippen MR) is 79.9 cm³/mol. The van der Waals surface area contributed by atoms with E-state index >= 15 is 0 Å². The van der Waals surface area contributed by atoms with Gasteiger partial charge in [-0.25, -0.2) is 9.78 Å². The van der Waals surface area contributed by atoms with Crippen LogP contribution in [0.1, 0.15) is 29.5 Å². The highest BCUT2D eigenvalue weighted by Crippen LogP contribution is 2.25. The van der Waals surface area contributed by atoms with Crippen molar-refractivity contribution >= 4 is 28.3 Å². The first-order valence-corrected chi connectivity index (χ1v) is 7.42. The molecular formula is C15H14N2O2S. The van der Waals surface area contributed by atoms with Crippen molar-refractivity contribution < 1.29 is 9.90 Å². The summed E-state index contributed by atoms with van der Waals surface area (Å²) in [5.41, 5.74) is 3.02. The maximum absolute atomic E-state index is 11.1. The third-order valence-electron chi connectivity index (χ3n) is 3.21. The number of aromatic carboxylic acids is 1. The Kier molecular flexibility index (Phi) is 3.28. The molecule has 0 radical (unpaired) electrons. The van der Waals surface area contributed by atoms with E-state index in [1.54, 1.807) is 29.5 Å². The molecule has 0 aliphatic rings. The molecule has 102 valence electrons. The molecular weight excluding hydrogens is 272 g/mol. The zero-order chi connectivity index (χ0) is 14.1. The minimum atomic E-state index is -0.915. The molecule has 1 aromatic carbocycles. The third-order valence-corrected chi connectivity index (χ3v) is 3.88. The van der Waals surface area contributed by atoms with Crippen molar-refractivity contribution in [1.29, 1.82) is 0 Å². The number of carboxylic acids is 1. The first kappa shape index (κ1) is 12.9. The molecule has 2 aromatic heterocycles. The van der Waals surface area contributed by atoms with Crippen molar-refractivity contribution in [2.24, 2.45) is 0 Å². The van der Waals surface area contributed by atoms with E-state index in [1.165, 1.54) is 0 Å². The number of carboxylic acid groups (broad SMARTS) is 1. The average molecular weight is 286 g/mol. The van der Waals surface area contributed by atoms with Crippen molar-refractivity contribution in [3.63, 3.8) is 0 Å². The van der Waals surface area contributed by atoms with E-state index in [9.17, 15) is 4.79 Å². The van der Waals surface area contributed by atoms with Crippen molar-refractivity contribution in [1.82, 2.24) is 9.55 Å².